The lowest BCUT2D eigenvalue weighted by Gasteiger charge is -2.10. The van der Waals surface area contributed by atoms with Crippen molar-refractivity contribution in [3.63, 3.8) is 0 Å². The third kappa shape index (κ3) is 3.66. The van der Waals surface area contributed by atoms with Crippen LogP contribution in [0.3, 0.4) is 0 Å². The number of ether oxygens (including phenoxy) is 1. The number of nitrogens with zero attached hydrogens (tertiary/aromatic N) is 2. The zero-order valence-corrected chi connectivity index (χ0v) is 17.0. The molecule has 0 spiro atoms. The van der Waals surface area contributed by atoms with Crippen LogP contribution in [0.15, 0.2) is 47.1 Å². The first kappa shape index (κ1) is 18.9. The maximum Gasteiger partial charge on any atom is 0.350 e. The molecule has 0 fully saturated rings. The fraction of sp³-hybridized carbons (Fsp3) is 0.190. The molecular formula is C21H19N3O4S. The molecule has 0 saturated heterocycles. The lowest BCUT2D eigenvalue weighted by molar-refractivity contribution is 0.0605. The van der Waals surface area contributed by atoms with Crippen molar-refractivity contribution < 1.29 is 18.7 Å². The third-order valence-electron chi connectivity index (χ3n) is 4.60. The van der Waals surface area contributed by atoms with E-state index in [1.807, 2.05) is 41.8 Å². The number of hydrogen-bond donors (Lipinski definition) is 1. The summed E-state index contributed by atoms with van der Waals surface area (Å²) in [5.41, 5.74) is 4.68. The van der Waals surface area contributed by atoms with E-state index in [4.69, 9.17) is 9.15 Å². The Balaban J connectivity index is 1.65. The van der Waals surface area contributed by atoms with E-state index in [0.29, 0.717) is 33.5 Å². The van der Waals surface area contributed by atoms with Crippen LogP contribution in [0, 0.1) is 13.8 Å². The summed E-state index contributed by atoms with van der Waals surface area (Å²) < 4.78 is 12.1. The van der Waals surface area contributed by atoms with Crippen molar-refractivity contribution in [1.82, 2.24) is 9.55 Å². The van der Waals surface area contributed by atoms with Crippen LogP contribution in [0.4, 0.5) is 5.13 Å². The van der Waals surface area contributed by atoms with Gasteiger partial charge in [0.05, 0.1) is 24.6 Å². The molecule has 0 saturated carbocycles. The molecule has 8 heteroatoms. The van der Waals surface area contributed by atoms with Crippen molar-refractivity contribution in [1.29, 1.82) is 0 Å². The van der Waals surface area contributed by atoms with Gasteiger partial charge >= 0.3 is 5.97 Å². The fourth-order valence-corrected chi connectivity index (χ4v) is 3.98. The quantitative estimate of drug-likeness (QED) is 0.494. The first-order valence-corrected chi connectivity index (χ1v) is 9.77. The Morgan fingerprint density at radius 3 is 2.69 bits per heavy atom. The summed E-state index contributed by atoms with van der Waals surface area (Å²) in [4.78, 5) is 29.4. The lowest BCUT2D eigenvalue weighted by Crippen LogP contribution is -2.17. The van der Waals surface area contributed by atoms with Crippen LogP contribution >= 0.6 is 11.3 Å². The van der Waals surface area contributed by atoms with E-state index in [1.165, 1.54) is 12.7 Å². The minimum Gasteiger partial charge on any atom is -0.465 e. The Bertz CT molecular complexity index is 1200. The number of rotatable bonds is 5. The highest BCUT2D eigenvalue weighted by Crippen LogP contribution is 2.26. The molecule has 3 aromatic heterocycles. The van der Waals surface area contributed by atoms with E-state index in [-0.39, 0.29) is 5.91 Å². The van der Waals surface area contributed by atoms with Crippen LogP contribution in [0.1, 0.15) is 37.0 Å². The number of fused-ring (bicyclic) bond motifs is 1. The Morgan fingerprint density at radius 2 is 1.97 bits per heavy atom. The van der Waals surface area contributed by atoms with Gasteiger partial charge in [-0.25, -0.2) is 9.78 Å². The summed E-state index contributed by atoms with van der Waals surface area (Å²) >= 11 is 1.09. The van der Waals surface area contributed by atoms with Crippen molar-refractivity contribution in [2.45, 2.75) is 20.4 Å². The van der Waals surface area contributed by atoms with E-state index >= 15 is 0 Å². The second-order valence-corrected chi connectivity index (χ2v) is 7.65. The maximum absolute atomic E-state index is 13.0. The van der Waals surface area contributed by atoms with Crippen LogP contribution in [0.5, 0.6) is 0 Å². The highest BCUT2D eigenvalue weighted by Gasteiger charge is 2.21. The molecule has 29 heavy (non-hydrogen) atoms. The van der Waals surface area contributed by atoms with Crippen molar-refractivity contribution in [3.8, 4) is 0 Å². The van der Waals surface area contributed by atoms with E-state index < -0.39 is 5.97 Å². The van der Waals surface area contributed by atoms with Crippen molar-refractivity contribution in [2.75, 3.05) is 12.4 Å². The standard InChI is InChI=1S/C21H19N3O4S/c1-12-4-6-14(7-5-12)11-24-15-8-9-28-17(15)10-16(24)19(25)23-21-22-13(2)18(29-21)20(26)27-3/h4-10H,11H2,1-3H3,(H,22,23,25). The molecule has 0 atom stereocenters. The number of anilines is 1. The van der Waals surface area contributed by atoms with E-state index in [0.717, 1.165) is 22.4 Å². The number of hydrogen-bond acceptors (Lipinski definition) is 6. The second-order valence-electron chi connectivity index (χ2n) is 6.65. The summed E-state index contributed by atoms with van der Waals surface area (Å²) in [5.74, 6) is -0.797. The smallest absolute Gasteiger partial charge is 0.350 e. The molecule has 0 aliphatic heterocycles. The number of carbonyl (C=O) groups is 2. The molecule has 3 heterocycles. The third-order valence-corrected chi connectivity index (χ3v) is 5.66. The number of benzene rings is 1. The second kappa shape index (κ2) is 7.56. The Labute approximate surface area is 170 Å². The molecule has 1 amide bonds. The van der Waals surface area contributed by atoms with E-state index in [9.17, 15) is 9.59 Å². The predicted molar refractivity (Wildman–Crippen MR) is 111 cm³/mol. The first-order chi connectivity index (χ1) is 14.0. The van der Waals surface area contributed by atoms with E-state index in [1.54, 1.807) is 19.3 Å². The van der Waals surface area contributed by atoms with Gasteiger partial charge in [-0.2, -0.15) is 0 Å². The number of methoxy groups -OCH3 is 1. The van der Waals surface area contributed by atoms with Crippen molar-refractivity contribution in [2.24, 2.45) is 0 Å². The topological polar surface area (TPSA) is 86.4 Å². The molecule has 1 aromatic carbocycles. The summed E-state index contributed by atoms with van der Waals surface area (Å²) in [6.07, 6.45) is 1.60. The zero-order chi connectivity index (χ0) is 20.5. The Kier molecular flexibility index (Phi) is 4.94. The molecule has 0 aliphatic carbocycles. The maximum atomic E-state index is 13.0. The van der Waals surface area contributed by atoms with Crippen molar-refractivity contribution in [3.05, 3.63) is 70.1 Å². The molecule has 0 radical (unpaired) electrons. The molecular weight excluding hydrogens is 390 g/mol. The number of amides is 1. The van der Waals surface area contributed by atoms with Gasteiger partial charge < -0.3 is 13.7 Å². The number of aryl methyl sites for hydroxylation is 2. The minimum absolute atomic E-state index is 0.325. The van der Waals surface area contributed by atoms with Gasteiger partial charge in [-0.3, -0.25) is 10.1 Å². The zero-order valence-electron chi connectivity index (χ0n) is 16.2. The number of furan rings is 1. The number of carbonyl (C=O) groups excluding carboxylic acids is 2. The average Bonchev–Trinajstić information content (AvgIpc) is 3.39. The first-order valence-electron chi connectivity index (χ1n) is 8.95. The highest BCUT2D eigenvalue weighted by atomic mass is 32.1. The van der Waals surface area contributed by atoms with Crippen LogP contribution < -0.4 is 5.32 Å². The summed E-state index contributed by atoms with van der Waals surface area (Å²) in [6.45, 7) is 4.26. The number of thiazole rings is 1. The van der Waals surface area contributed by atoms with Gasteiger partial charge in [0.1, 0.15) is 10.6 Å². The monoisotopic (exact) mass is 409 g/mol. The molecule has 148 valence electrons. The molecule has 1 N–H and O–H groups in total. The molecule has 0 bridgehead atoms. The number of aromatic nitrogens is 2. The molecule has 0 unspecified atom stereocenters. The molecule has 4 aromatic rings. The SMILES string of the molecule is COC(=O)c1sc(NC(=O)c2cc3occc3n2Cc2ccc(C)cc2)nc1C. The molecule has 4 rings (SSSR count). The van der Waals surface area contributed by atoms with Crippen LogP contribution in [0.25, 0.3) is 11.1 Å². The largest absolute Gasteiger partial charge is 0.465 e. The van der Waals surface area contributed by atoms with Gasteiger partial charge in [-0.15, -0.1) is 0 Å². The van der Waals surface area contributed by atoms with Gasteiger partial charge in [0.2, 0.25) is 0 Å². The van der Waals surface area contributed by atoms with Gasteiger partial charge in [-0.05, 0) is 19.4 Å². The Hall–Kier alpha value is -3.39. The van der Waals surface area contributed by atoms with Gasteiger partial charge in [0.15, 0.2) is 10.7 Å². The molecule has 7 nitrogen and oxygen atoms in total. The van der Waals surface area contributed by atoms with Crippen LogP contribution in [-0.2, 0) is 11.3 Å². The predicted octanol–water partition coefficient (Wildman–Crippen LogP) is 4.39. The highest BCUT2D eigenvalue weighted by molar-refractivity contribution is 7.17. The normalized spacial score (nSPS) is 11.0. The fourth-order valence-electron chi connectivity index (χ4n) is 3.10. The van der Waals surface area contributed by atoms with Gasteiger partial charge in [0.25, 0.3) is 5.91 Å². The summed E-state index contributed by atoms with van der Waals surface area (Å²) in [5, 5.41) is 3.12. The average molecular weight is 409 g/mol. The lowest BCUT2D eigenvalue weighted by atomic mass is 10.1. The summed E-state index contributed by atoms with van der Waals surface area (Å²) in [7, 11) is 1.31. The summed E-state index contributed by atoms with van der Waals surface area (Å²) in [6, 6.07) is 11.7. The van der Waals surface area contributed by atoms with Crippen LogP contribution in [0.2, 0.25) is 0 Å². The van der Waals surface area contributed by atoms with Crippen molar-refractivity contribution >= 4 is 39.4 Å². The van der Waals surface area contributed by atoms with E-state index in [2.05, 4.69) is 10.3 Å². The minimum atomic E-state index is -0.472. The van der Waals surface area contributed by atoms with Gasteiger partial charge in [0, 0.05) is 18.7 Å². The Morgan fingerprint density at radius 1 is 1.21 bits per heavy atom. The molecule has 0 aliphatic rings. The van der Waals surface area contributed by atoms with Crippen LogP contribution in [-0.4, -0.2) is 28.5 Å². The number of nitrogens with one attached hydrogen (secondary N) is 1. The van der Waals surface area contributed by atoms with Gasteiger partial charge in [-0.1, -0.05) is 41.2 Å². The number of esters is 1.